The molecule has 9 rings (SSSR count). The van der Waals surface area contributed by atoms with Crippen LogP contribution in [0, 0.1) is 0 Å². The molecule has 0 saturated carbocycles. The van der Waals surface area contributed by atoms with Crippen LogP contribution in [-0.4, -0.2) is 0 Å². The standard InChI is InChI=1S/C43H30S/c1-3-14-29(15-4-1)26-27-31(30-16-5-2-6-17-30)28-32-18-13-24-38-40(32)41-35-21-9-12-25-39(35)44-42(41)43(38)36-22-10-7-19-33(36)34-20-8-11-23-37(34)43/h1-25,28H,26-27H2/b31-28-. The van der Waals surface area contributed by atoms with E-state index in [1.807, 2.05) is 11.3 Å². The van der Waals surface area contributed by atoms with Crippen molar-refractivity contribution in [3.05, 3.63) is 190 Å². The van der Waals surface area contributed by atoms with E-state index in [4.69, 9.17) is 0 Å². The Morgan fingerprint density at radius 3 is 1.91 bits per heavy atom. The van der Waals surface area contributed by atoms with Gasteiger partial charge in [0, 0.05) is 20.5 Å². The van der Waals surface area contributed by atoms with Crippen molar-refractivity contribution in [3.8, 4) is 22.3 Å². The van der Waals surface area contributed by atoms with E-state index >= 15 is 0 Å². The molecule has 1 heteroatoms. The number of thiophene rings is 1. The van der Waals surface area contributed by atoms with Gasteiger partial charge in [0.05, 0.1) is 5.41 Å². The second kappa shape index (κ2) is 10.0. The lowest BCUT2D eigenvalue weighted by Gasteiger charge is -2.29. The summed E-state index contributed by atoms with van der Waals surface area (Å²) in [4.78, 5) is 1.46. The first-order valence-corrected chi connectivity index (χ1v) is 16.3. The molecule has 1 heterocycles. The summed E-state index contributed by atoms with van der Waals surface area (Å²) in [7, 11) is 0. The predicted molar refractivity (Wildman–Crippen MR) is 187 cm³/mol. The van der Waals surface area contributed by atoms with Gasteiger partial charge in [-0.3, -0.25) is 0 Å². The highest BCUT2D eigenvalue weighted by Crippen LogP contribution is 2.66. The molecule has 2 aliphatic rings. The van der Waals surface area contributed by atoms with Gasteiger partial charge in [0.2, 0.25) is 0 Å². The summed E-state index contributed by atoms with van der Waals surface area (Å²) >= 11 is 1.98. The van der Waals surface area contributed by atoms with E-state index in [0.717, 1.165) is 12.8 Å². The molecule has 1 spiro atoms. The van der Waals surface area contributed by atoms with Gasteiger partial charge in [-0.25, -0.2) is 0 Å². The van der Waals surface area contributed by atoms with Gasteiger partial charge in [-0.2, -0.15) is 0 Å². The van der Waals surface area contributed by atoms with Crippen LogP contribution < -0.4 is 0 Å². The van der Waals surface area contributed by atoms with Crippen LogP contribution in [0.15, 0.2) is 152 Å². The fourth-order valence-electron chi connectivity index (χ4n) is 7.80. The van der Waals surface area contributed by atoms with Crippen molar-refractivity contribution in [1.29, 1.82) is 0 Å². The zero-order chi connectivity index (χ0) is 29.1. The summed E-state index contributed by atoms with van der Waals surface area (Å²) in [5.41, 5.74) is 14.7. The first-order valence-electron chi connectivity index (χ1n) is 15.5. The number of allylic oxidation sites excluding steroid dienone is 1. The van der Waals surface area contributed by atoms with E-state index in [2.05, 4.69) is 158 Å². The van der Waals surface area contributed by atoms with Crippen molar-refractivity contribution in [1.82, 2.24) is 0 Å². The van der Waals surface area contributed by atoms with Crippen LogP contribution in [0.4, 0.5) is 0 Å². The molecule has 0 amide bonds. The largest absolute Gasteiger partial charge is 0.138 e. The maximum Gasteiger partial charge on any atom is 0.0819 e. The van der Waals surface area contributed by atoms with Crippen molar-refractivity contribution < 1.29 is 0 Å². The minimum atomic E-state index is -0.317. The molecule has 0 N–H and O–H groups in total. The second-order valence-electron chi connectivity index (χ2n) is 11.9. The number of aryl methyl sites for hydroxylation is 1. The van der Waals surface area contributed by atoms with E-state index < -0.39 is 0 Å². The molecule has 0 radical (unpaired) electrons. The van der Waals surface area contributed by atoms with Gasteiger partial charge in [-0.05, 0) is 74.6 Å². The van der Waals surface area contributed by atoms with Crippen LogP contribution >= 0.6 is 11.3 Å². The molecule has 7 aromatic rings. The minimum absolute atomic E-state index is 0.317. The Labute approximate surface area is 262 Å². The Bertz CT molecular complexity index is 2170. The number of rotatable bonds is 5. The van der Waals surface area contributed by atoms with Gasteiger partial charge >= 0.3 is 0 Å². The summed E-state index contributed by atoms with van der Waals surface area (Å²) in [5, 5.41) is 1.36. The number of hydrogen-bond donors (Lipinski definition) is 0. The topological polar surface area (TPSA) is 0 Å². The molecule has 6 aromatic carbocycles. The summed E-state index contributed by atoms with van der Waals surface area (Å²) in [6.07, 6.45) is 4.47. The normalized spacial score (nSPS) is 14.0. The highest BCUT2D eigenvalue weighted by molar-refractivity contribution is 7.20. The van der Waals surface area contributed by atoms with Crippen LogP contribution in [0.1, 0.15) is 44.7 Å². The molecule has 0 atom stereocenters. The third kappa shape index (κ3) is 3.63. The number of fused-ring (bicyclic) bond motifs is 12. The van der Waals surface area contributed by atoms with Crippen molar-refractivity contribution in [2.24, 2.45) is 0 Å². The van der Waals surface area contributed by atoms with E-state index in [9.17, 15) is 0 Å². The summed E-state index contributed by atoms with van der Waals surface area (Å²) in [6.45, 7) is 0. The Hall–Kier alpha value is -4.98. The zero-order valence-corrected chi connectivity index (χ0v) is 25.2. The van der Waals surface area contributed by atoms with Crippen molar-refractivity contribution in [2.75, 3.05) is 0 Å². The fraction of sp³-hybridized carbons (Fsp3) is 0.0698. The Morgan fingerprint density at radius 1 is 0.545 bits per heavy atom. The molecule has 0 bridgehead atoms. The molecule has 0 nitrogen and oxygen atoms in total. The fourth-order valence-corrected chi connectivity index (χ4v) is 9.24. The van der Waals surface area contributed by atoms with E-state index in [1.54, 1.807) is 0 Å². The molecule has 0 aliphatic heterocycles. The maximum absolute atomic E-state index is 2.49. The molecular formula is C43H30S. The van der Waals surface area contributed by atoms with Crippen LogP contribution in [0.25, 0.3) is 44.0 Å². The lowest BCUT2D eigenvalue weighted by atomic mass is 9.73. The summed E-state index contributed by atoms with van der Waals surface area (Å²) in [6, 6.07) is 56.0. The van der Waals surface area contributed by atoms with Gasteiger partial charge in [-0.15, -0.1) is 11.3 Å². The van der Waals surface area contributed by atoms with Crippen molar-refractivity contribution in [2.45, 2.75) is 18.3 Å². The second-order valence-corrected chi connectivity index (χ2v) is 13.0. The van der Waals surface area contributed by atoms with Crippen LogP contribution in [0.3, 0.4) is 0 Å². The highest BCUT2D eigenvalue weighted by atomic mass is 32.1. The summed E-state index contributed by atoms with van der Waals surface area (Å²) < 4.78 is 1.36. The van der Waals surface area contributed by atoms with Crippen LogP contribution in [-0.2, 0) is 11.8 Å². The first kappa shape index (κ1) is 25.5. The Kier molecular flexibility index (Phi) is 5.82. The molecule has 0 saturated heterocycles. The van der Waals surface area contributed by atoms with Crippen LogP contribution in [0.2, 0.25) is 0 Å². The van der Waals surface area contributed by atoms with Crippen LogP contribution in [0.5, 0.6) is 0 Å². The SMILES string of the molecule is C(=C(\CCc1ccccc1)c1ccccc1)/c1cccc2c1-c1c(sc3ccccc13)C21c2ccccc2-c2ccccc21. The van der Waals surface area contributed by atoms with Gasteiger partial charge in [0.25, 0.3) is 0 Å². The lowest BCUT2D eigenvalue weighted by molar-refractivity contribution is 0.811. The third-order valence-electron chi connectivity index (χ3n) is 9.64. The molecule has 0 fully saturated rings. The third-order valence-corrected chi connectivity index (χ3v) is 10.9. The van der Waals surface area contributed by atoms with Gasteiger partial charge in [0.1, 0.15) is 0 Å². The lowest BCUT2D eigenvalue weighted by Crippen LogP contribution is -2.24. The molecule has 0 unspecified atom stereocenters. The van der Waals surface area contributed by atoms with Crippen molar-refractivity contribution in [3.63, 3.8) is 0 Å². The number of benzene rings is 6. The van der Waals surface area contributed by atoms with Crippen molar-refractivity contribution >= 4 is 33.1 Å². The monoisotopic (exact) mass is 578 g/mol. The Balaban J connectivity index is 1.33. The van der Waals surface area contributed by atoms with Gasteiger partial charge in [0.15, 0.2) is 0 Å². The molecule has 208 valence electrons. The molecule has 1 aromatic heterocycles. The van der Waals surface area contributed by atoms with Gasteiger partial charge in [-0.1, -0.05) is 152 Å². The predicted octanol–water partition coefficient (Wildman–Crippen LogP) is 11.4. The maximum atomic E-state index is 2.49. The number of hydrogen-bond acceptors (Lipinski definition) is 1. The average Bonchev–Trinajstić information content (AvgIpc) is 3.71. The molecule has 44 heavy (non-hydrogen) atoms. The van der Waals surface area contributed by atoms with E-state index in [1.165, 1.54) is 76.2 Å². The minimum Gasteiger partial charge on any atom is -0.138 e. The average molecular weight is 579 g/mol. The van der Waals surface area contributed by atoms with Gasteiger partial charge < -0.3 is 0 Å². The summed E-state index contributed by atoms with van der Waals surface area (Å²) in [5.74, 6) is 0. The zero-order valence-electron chi connectivity index (χ0n) is 24.3. The quantitative estimate of drug-likeness (QED) is 0.178. The molecule has 2 aliphatic carbocycles. The highest BCUT2D eigenvalue weighted by Gasteiger charge is 2.53. The first-order chi connectivity index (χ1) is 21.8. The molecular weight excluding hydrogens is 549 g/mol. The Morgan fingerprint density at radius 2 is 1.16 bits per heavy atom. The van der Waals surface area contributed by atoms with E-state index in [0.29, 0.717) is 0 Å². The smallest absolute Gasteiger partial charge is 0.0819 e. The van der Waals surface area contributed by atoms with E-state index in [-0.39, 0.29) is 5.41 Å².